The van der Waals surface area contributed by atoms with E-state index in [1.165, 1.54) is 0 Å². The largest absolute Gasteiger partial charge is 0.352 e. The van der Waals surface area contributed by atoms with Crippen LogP contribution in [-0.4, -0.2) is 18.4 Å². The third-order valence-corrected chi connectivity index (χ3v) is 2.95. The number of hydrogen-bond donors (Lipinski definition) is 2. The molecule has 0 fully saturated rings. The molecule has 0 heterocycles. The quantitative estimate of drug-likeness (QED) is 0.885. The zero-order chi connectivity index (χ0) is 15.1. The van der Waals surface area contributed by atoms with Gasteiger partial charge in [-0.25, -0.2) is 0 Å². The Hall–Kier alpha value is -2.62. The number of anilines is 1. The van der Waals surface area contributed by atoms with E-state index in [0.29, 0.717) is 24.2 Å². The molecule has 4 heteroatoms. The van der Waals surface area contributed by atoms with Crippen LogP contribution in [0.15, 0.2) is 54.6 Å². The Labute approximate surface area is 124 Å². The summed E-state index contributed by atoms with van der Waals surface area (Å²) >= 11 is 0. The predicted molar refractivity (Wildman–Crippen MR) is 83.2 cm³/mol. The highest BCUT2D eigenvalue weighted by Gasteiger charge is 2.07. The maximum absolute atomic E-state index is 12.0. The van der Waals surface area contributed by atoms with Crippen molar-refractivity contribution in [2.45, 2.75) is 13.3 Å². The molecule has 21 heavy (non-hydrogen) atoms. The van der Waals surface area contributed by atoms with E-state index in [1.807, 2.05) is 37.3 Å². The molecule has 0 bridgehead atoms. The van der Waals surface area contributed by atoms with Crippen LogP contribution in [0.5, 0.6) is 0 Å². The van der Waals surface area contributed by atoms with Gasteiger partial charge < -0.3 is 10.6 Å². The third kappa shape index (κ3) is 4.45. The van der Waals surface area contributed by atoms with Gasteiger partial charge in [-0.1, -0.05) is 36.4 Å². The van der Waals surface area contributed by atoms with Gasteiger partial charge in [-0.2, -0.15) is 0 Å². The van der Waals surface area contributed by atoms with Crippen LogP contribution in [0, 0.1) is 0 Å². The molecule has 0 aliphatic rings. The fourth-order valence-electron chi connectivity index (χ4n) is 1.99. The van der Waals surface area contributed by atoms with Gasteiger partial charge in [0, 0.05) is 17.8 Å². The molecular weight excluding hydrogens is 264 g/mol. The molecule has 0 radical (unpaired) electrons. The van der Waals surface area contributed by atoms with Crippen molar-refractivity contribution < 1.29 is 9.59 Å². The summed E-state index contributed by atoms with van der Waals surface area (Å²) in [5.41, 5.74) is 2.11. The molecule has 2 amide bonds. The summed E-state index contributed by atoms with van der Waals surface area (Å²) < 4.78 is 0. The van der Waals surface area contributed by atoms with Gasteiger partial charge in [-0.05, 0) is 30.7 Å². The minimum absolute atomic E-state index is 0.103. The van der Waals surface area contributed by atoms with Crippen molar-refractivity contribution in [2.75, 3.05) is 11.9 Å². The van der Waals surface area contributed by atoms with Crippen LogP contribution in [0.25, 0.3) is 0 Å². The molecule has 0 aromatic heterocycles. The molecule has 2 N–H and O–H groups in total. The lowest BCUT2D eigenvalue weighted by Gasteiger charge is -2.07. The Morgan fingerprint density at radius 1 is 1.00 bits per heavy atom. The number of rotatable bonds is 5. The van der Waals surface area contributed by atoms with E-state index in [1.54, 1.807) is 24.3 Å². The Morgan fingerprint density at radius 2 is 1.76 bits per heavy atom. The highest BCUT2D eigenvalue weighted by atomic mass is 16.2. The first-order valence-electron chi connectivity index (χ1n) is 6.91. The van der Waals surface area contributed by atoms with Crippen LogP contribution >= 0.6 is 0 Å². The monoisotopic (exact) mass is 282 g/mol. The van der Waals surface area contributed by atoms with E-state index >= 15 is 0 Å². The first-order valence-corrected chi connectivity index (χ1v) is 6.91. The van der Waals surface area contributed by atoms with Crippen molar-refractivity contribution in [1.29, 1.82) is 0 Å². The number of benzene rings is 2. The second-order valence-electron chi connectivity index (χ2n) is 4.65. The van der Waals surface area contributed by atoms with Crippen molar-refractivity contribution in [3.8, 4) is 0 Å². The Morgan fingerprint density at radius 3 is 2.48 bits per heavy atom. The van der Waals surface area contributed by atoms with Crippen LogP contribution in [0.3, 0.4) is 0 Å². The van der Waals surface area contributed by atoms with Crippen LogP contribution in [0.1, 0.15) is 22.8 Å². The number of amides is 2. The molecule has 0 spiro atoms. The maximum Gasteiger partial charge on any atom is 0.251 e. The molecule has 2 aromatic rings. The van der Waals surface area contributed by atoms with Crippen molar-refractivity contribution in [1.82, 2.24) is 5.32 Å². The van der Waals surface area contributed by atoms with Gasteiger partial charge >= 0.3 is 0 Å². The van der Waals surface area contributed by atoms with E-state index in [0.717, 1.165) is 5.56 Å². The zero-order valence-electron chi connectivity index (χ0n) is 11.9. The summed E-state index contributed by atoms with van der Waals surface area (Å²) in [5, 5.41) is 5.54. The topological polar surface area (TPSA) is 58.2 Å². The van der Waals surface area contributed by atoms with Gasteiger partial charge in [0.15, 0.2) is 0 Å². The highest BCUT2D eigenvalue weighted by Crippen LogP contribution is 2.11. The lowest BCUT2D eigenvalue weighted by molar-refractivity contribution is -0.115. The summed E-state index contributed by atoms with van der Waals surface area (Å²) in [4.78, 5) is 23.7. The first-order chi connectivity index (χ1) is 10.2. The summed E-state index contributed by atoms with van der Waals surface area (Å²) in [6.45, 7) is 2.44. The average Bonchev–Trinajstić information content (AvgIpc) is 2.48. The van der Waals surface area contributed by atoms with E-state index in [9.17, 15) is 9.59 Å². The highest BCUT2D eigenvalue weighted by molar-refractivity contribution is 5.97. The Kier molecular flexibility index (Phi) is 5.10. The molecular formula is C17H18N2O2. The molecule has 0 unspecified atom stereocenters. The first kappa shape index (κ1) is 14.8. The third-order valence-electron chi connectivity index (χ3n) is 2.95. The summed E-state index contributed by atoms with van der Waals surface area (Å²) in [6, 6.07) is 16.4. The average molecular weight is 282 g/mol. The number of hydrogen-bond acceptors (Lipinski definition) is 2. The van der Waals surface area contributed by atoms with E-state index in [-0.39, 0.29) is 11.8 Å². The van der Waals surface area contributed by atoms with Crippen LogP contribution in [0.4, 0.5) is 5.69 Å². The van der Waals surface area contributed by atoms with E-state index < -0.39 is 0 Å². The Bertz CT molecular complexity index is 624. The van der Waals surface area contributed by atoms with Gasteiger partial charge in [0.05, 0.1) is 6.42 Å². The number of carbonyl (C=O) groups is 2. The van der Waals surface area contributed by atoms with Crippen molar-refractivity contribution >= 4 is 17.5 Å². The summed E-state index contributed by atoms with van der Waals surface area (Å²) in [5.74, 6) is -0.245. The second-order valence-corrected chi connectivity index (χ2v) is 4.65. The van der Waals surface area contributed by atoms with E-state index in [2.05, 4.69) is 10.6 Å². The smallest absolute Gasteiger partial charge is 0.251 e. The molecule has 0 atom stereocenters. The van der Waals surface area contributed by atoms with Crippen molar-refractivity contribution in [2.24, 2.45) is 0 Å². The van der Waals surface area contributed by atoms with E-state index in [4.69, 9.17) is 0 Å². The molecule has 108 valence electrons. The molecule has 0 saturated heterocycles. The zero-order valence-corrected chi connectivity index (χ0v) is 11.9. The van der Waals surface area contributed by atoms with Gasteiger partial charge in [0.2, 0.25) is 5.91 Å². The van der Waals surface area contributed by atoms with Crippen LogP contribution < -0.4 is 10.6 Å². The predicted octanol–water partition coefficient (Wildman–Crippen LogP) is 2.62. The molecule has 0 aliphatic heterocycles. The second kappa shape index (κ2) is 7.24. The van der Waals surface area contributed by atoms with Gasteiger partial charge in [-0.3, -0.25) is 9.59 Å². The standard InChI is InChI=1S/C17H18N2O2/c1-2-18-17(21)14-9-6-10-15(12-14)19-16(20)11-13-7-4-3-5-8-13/h3-10,12H,2,11H2,1H3,(H,18,21)(H,19,20). The van der Waals surface area contributed by atoms with Crippen LogP contribution in [-0.2, 0) is 11.2 Å². The van der Waals surface area contributed by atoms with Gasteiger partial charge in [-0.15, -0.1) is 0 Å². The summed E-state index contributed by atoms with van der Waals surface area (Å²) in [7, 11) is 0. The molecule has 2 aromatic carbocycles. The van der Waals surface area contributed by atoms with Gasteiger partial charge in [0.1, 0.15) is 0 Å². The minimum Gasteiger partial charge on any atom is -0.352 e. The lowest BCUT2D eigenvalue weighted by atomic mass is 10.1. The normalized spacial score (nSPS) is 9.95. The summed E-state index contributed by atoms with van der Waals surface area (Å²) in [6.07, 6.45) is 0.312. The van der Waals surface area contributed by atoms with Crippen LogP contribution in [0.2, 0.25) is 0 Å². The van der Waals surface area contributed by atoms with Crippen molar-refractivity contribution in [3.05, 3.63) is 65.7 Å². The van der Waals surface area contributed by atoms with Crippen molar-refractivity contribution in [3.63, 3.8) is 0 Å². The lowest BCUT2D eigenvalue weighted by Crippen LogP contribution is -2.23. The fraction of sp³-hybridized carbons (Fsp3) is 0.176. The molecule has 4 nitrogen and oxygen atoms in total. The molecule has 2 rings (SSSR count). The maximum atomic E-state index is 12.0. The fourth-order valence-corrected chi connectivity index (χ4v) is 1.99. The number of nitrogens with one attached hydrogen (secondary N) is 2. The minimum atomic E-state index is -0.142. The number of carbonyl (C=O) groups excluding carboxylic acids is 2. The molecule has 0 saturated carbocycles. The Balaban J connectivity index is 2.01. The van der Waals surface area contributed by atoms with Gasteiger partial charge in [0.25, 0.3) is 5.91 Å². The molecule has 0 aliphatic carbocycles. The SMILES string of the molecule is CCNC(=O)c1cccc(NC(=O)Cc2ccccc2)c1.